The molecule has 34 heavy (non-hydrogen) atoms. The van der Waals surface area contributed by atoms with Crippen LogP contribution in [-0.4, -0.2) is 32.3 Å². The van der Waals surface area contributed by atoms with Crippen LogP contribution in [0.5, 0.6) is 5.75 Å². The highest BCUT2D eigenvalue weighted by molar-refractivity contribution is 7.89. The molecule has 0 heterocycles. The third kappa shape index (κ3) is 6.43. The van der Waals surface area contributed by atoms with E-state index in [4.69, 9.17) is 39.5 Å². The van der Waals surface area contributed by atoms with E-state index in [-0.39, 0.29) is 16.5 Å². The Morgan fingerprint density at radius 3 is 2.32 bits per heavy atom. The molecule has 3 aromatic rings. The van der Waals surface area contributed by atoms with Gasteiger partial charge in [0.05, 0.1) is 34.6 Å². The zero-order valence-corrected chi connectivity index (χ0v) is 21.5. The quantitative estimate of drug-likeness (QED) is 0.376. The average Bonchev–Trinajstić information content (AvgIpc) is 2.81. The maximum atomic E-state index is 13.4. The first-order valence-corrected chi connectivity index (χ1v) is 12.8. The van der Waals surface area contributed by atoms with Gasteiger partial charge in [-0.05, 0) is 55.0 Å². The lowest BCUT2D eigenvalue weighted by molar-refractivity contribution is -0.122. The molecule has 0 spiro atoms. The number of rotatable bonds is 9. The van der Waals surface area contributed by atoms with Crippen LogP contribution in [-0.2, 0) is 21.4 Å². The van der Waals surface area contributed by atoms with Crippen molar-refractivity contribution in [3.63, 3.8) is 0 Å². The zero-order chi connectivity index (χ0) is 24.9. The summed E-state index contributed by atoms with van der Waals surface area (Å²) in [7, 11) is -2.49. The highest BCUT2D eigenvalue weighted by Crippen LogP contribution is 2.27. The Kier molecular flexibility index (Phi) is 8.84. The Morgan fingerprint density at radius 1 is 1.00 bits per heavy atom. The minimum atomic E-state index is -4.03. The summed E-state index contributed by atoms with van der Waals surface area (Å²) in [5.74, 6) is 0.146. The zero-order valence-electron chi connectivity index (χ0n) is 18.5. The lowest BCUT2D eigenvalue weighted by Crippen LogP contribution is -2.41. The topological polar surface area (TPSA) is 75.7 Å². The lowest BCUT2D eigenvalue weighted by Gasteiger charge is -2.24. The fourth-order valence-corrected chi connectivity index (χ4v) is 5.20. The Labute approximate surface area is 214 Å². The minimum Gasteiger partial charge on any atom is -0.496 e. The normalized spacial score (nSPS) is 12.4. The van der Waals surface area contributed by atoms with Crippen LogP contribution in [0.3, 0.4) is 0 Å². The number of amides is 1. The molecular formula is C24H23Cl3N2O4S. The monoisotopic (exact) mass is 540 g/mol. The van der Waals surface area contributed by atoms with Gasteiger partial charge >= 0.3 is 0 Å². The summed E-state index contributed by atoms with van der Waals surface area (Å²) in [5.41, 5.74) is 1.35. The molecule has 0 bridgehead atoms. The molecular weight excluding hydrogens is 519 g/mol. The largest absolute Gasteiger partial charge is 0.496 e. The third-order valence-corrected chi connectivity index (χ3v) is 7.89. The number of nitrogens with zero attached hydrogens (tertiary/aromatic N) is 1. The first-order valence-electron chi connectivity index (χ1n) is 10.2. The van der Waals surface area contributed by atoms with Gasteiger partial charge in [-0.15, -0.1) is 0 Å². The summed E-state index contributed by atoms with van der Waals surface area (Å²) in [5, 5.41) is 3.89. The van der Waals surface area contributed by atoms with Gasteiger partial charge in [0.1, 0.15) is 5.75 Å². The number of nitrogens with one attached hydrogen (secondary N) is 1. The van der Waals surface area contributed by atoms with E-state index in [1.807, 2.05) is 18.2 Å². The van der Waals surface area contributed by atoms with Gasteiger partial charge in [-0.25, -0.2) is 8.42 Å². The van der Waals surface area contributed by atoms with Crippen molar-refractivity contribution in [1.82, 2.24) is 9.62 Å². The summed E-state index contributed by atoms with van der Waals surface area (Å²) in [6.45, 7) is 1.30. The van der Waals surface area contributed by atoms with Crippen molar-refractivity contribution in [1.29, 1.82) is 0 Å². The molecule has 0 aromatic heterocycles. The highest BCUT2D eigenvalue weighted by atomic mass is 35.5. The molecule has 1 amide bonds. The van der Waals surface area contributed by atoms with Crippen molar-refractivity contribution in [3.05, 3.63) is 92.9 Å². The number of hydrogen-bond donors (Lipinski definition) is 1. The van der Waals surface area contributed by atoms with Gasteiger partial charge in [0.15, 0.2) is 0 Å². The molecule has 0 unspecified atom stereocenters. The van der Waals surface area contributed by atoms with E-state index in [0.29, 0.717) is 21.4 Å². The van der Waals surface area contributed by atoms with Crippen LogP contribution < -0.4 is 10.1 Å². The van der Waals surface area contributed by atoms with Gasteiger partial charge in [0.25, 0.3) is 0 Å². The van der Waals surface area contributed by atoms with E-state index in [0.717, 1.165) is 9.87 Å². The van der Waals surface area contributed by atoms with Gasteiger partial charge in [0, 0.05) is 17.1 Å². The molecule has 10 heteroatoms. The van der Waals surface area contributed by atoms with Crippen LogP contribution in [0.1, 0.15) is 24.1 Å². The first kappa shape index (κ1) is 26.3. The number of hydrogen-bond acceptors (Lipinski definition) is 4. The first-order chi connectivity index (χ1) is 16.1. The molecule has 0 fully saturated rings. The summed E-state index contributed by atoms with van der Waals surface area (Å²) in [6.07, 6.45) is 0. The predicted octanol–water partition coefficient (Wildman–Crippen LogP) is 5.72. The maximum Gasteiger partial charge on any atom is 0.243 e. The number of sulfonamides is 1. The van der Waals surface area contributed by atoms with Crippen molar-refractivity contribution < 1.29 is 17.9 Å². The second-order valence-electron chi connectivity index (χ2n) is 7.51. The number of benzene rings is 3. The van der Waals surface area contributed by atoms with E-state index in [1.54, 1.807) is 38.3 Å². The third-order valence-electron chi connectivity index (χ3n) is 5.10. The standard InChI is InChI=1S/C24H23Cl3N2O4S/c1-16(20-5-3-4-6-23(20)33-2)28-24(30)15-29(14-17-7-12-21(26)22(27)13-17)34(31,32)19-10-8-18(25)9-11-19/h3-13,16H,14-15H2,1-2H3,(H,28,30)/t16-/m0/s1. The number of halogens is 3. The lowest BCUT2D eigenvalue weighted by atomic mass is 10.1. The second kappa shape index (κ2) is 11.4. The number of methoxy groups -OCH3 is 1. The van der Waals surface area contributed by atoms with Crippen molar-refractivity contribution in [2.45, 2.75) is 24.4 Å². The molecule has 0 aliphatic heterocycles. The summed E-state index contributed by atoms with van der Waals surface area (Å²) >= 11 is 18.0. The van der Waals surface area contributed by atoms with Gasteiger partial charge in [-0.2, -0.15) is 4.31 Å². The van der Waals surface area contributed by atoms with Crippen molar-refractivity contribution in [3.8, 4) is 5.75 Å². The molecule has 0 aliphatic rings. The van der Waals surface area contributed by atoms with Gasteiger partial charge < -0.3 is 10.1 Å². The molecule has 0 radical (unpaired) electrons. The number of ether oxygens (including phenoxy) is 1. The SMILES string of the molecule is COc1ccccc1[C@H](C)NC(=O)CN(Cc1ccc(Cl)c(Cl)c1)S(=O)(=O)c1ccc(Cl)cc1. The average molecular weight is 542 g/mol. The fraction of sp³-hybridized carbons (Fsp3) is 0.208. The Balaban J connectivity index is 1.87. The summed E-state index contributed by atoms with van der Waals surface area (Å²) in [4.78, 5) is 13.0. The Morgan fingerprint density at radius 2 is 1.68 bits per heavy atom. The Hall–Kier alpha value is -2.29. The van der Waals surface area contributed by atoms with E-state index in [1.165, 1.54) is 24.3 Å². The summed E-state index contributed by atoms with van der Waals surface area (Å²) < 4.78 is 33.3. The van der Waals surface area contributed by atoms with E-state index in [2.05, 4.69) is 5.32 Å². The van der Waals surface area contributed by atoms with Crippen molar-refractivity contribution in [2.75, 3.05) is 13.7 Å². The van der Waals surface area contributed by atoms with Gasteiger partial charge in [-0.3, -0.25) is 4.79 Å². The Bertz CT molecular complexity index is 1270. The maximum absolute atomic E-state index is 13.4. The molecule has 3 aromatic carbocycles. The van der Waals surface area contributed by atoms with E-state index >= 15 is 0 Å². The smallest absolute Gasteiger partial charge is 0.243 e. The van der Waals surface area contributed by atoms with Crippen LogP contribution in [0.2, 0.25) is 15.1 Å². The van der Waals surface area contributed by atoms with E-state index < -0.39 is 28.5 Å². The van der Waals surface area contributed by atoms with E-state index in [9.17, 15) is 13.2 Å². The molecule has 6 nitrogen and oxygen atoms in total. The highest BCUT2D eigenvalue weighted by Gasteiger charge is 2.28. The molecule has 3 rings (SSSR count). The molecule has 180 valence electrons. The molecule has 1 atom stereocenters. The van der Waals surface area contributed by atoms with Crippen LogP contribution in [0.15, 0.2) is 71.6 Å². The van der Waals surface area contributed by atoms with Crippen LogP contribution in [0, 0.1) is 0 Å². The van der Waals surface area contributed by atoms with Crippen LogP contribution in [0.25, 0.3) is 0 Å². The second-order valence-corrected chi connectivity index (χ2v) is 10.7. The molecule has 0 saturated heterocycles. The minimum absolute atomic E-state index is 0.0162. The van der Waals surface area contributed by atoms with Crippen molar-refractivity contribution >= 4 is 50.7 Å². The fourth-order valence-electron chi connectivity index (χ4n) is 3.37. The van der Waals surface area contributed by atoms with Crippen LogP contribution >= 0.6 is 34.8 Å². The molecule has 1 N–H and O–H groups in total. The number of carbonyl (C=O) groups is 1. The predicted molar refractivity (Wildman–Crippen MR) is 135 cm³/mol. The number of para-hydroxylation sites is 1. The van der Waals surface area contributed by atoms with Crippen LogP contribution in [0.4, 0.5) is 0 Å². The summed E-state index contributed by atoms with van der Waals surface area (Å²) in [6, 6.07) is 17.5. The molecule has 0 saturated carbocycles. The van der Waals surface area contributed by atoms with Gasteiger partial charge in [-0.1, -0.05) is 59.1 Å². The van der Waals surface area contributed by atoms with Gasteiger partial charge in [0.2, 0.25) is 15.9 Å². The molecule has 0 aliphatic carbocycles. The van der Waals surface area contributed by atoms with Crippen molar-refractivity contribution in [2.24, 2.45) is 0 Å². The number of carbonyl (C=O) groups excluding carboxylic acids is 1.